The second-order valence-electron chi connectivity index (χ2n) is 5.51. The van der Waals surface area contributed by atoms with Crippen molar-refractivity contribution in [3.05, 3.63) is 33.9 Å². The maximum absolute atomic E-state index is 11.3. The van der Waals surface area contributed by atoms with Crippen LogP contribution in [0.25, 0.3) is 0 Å². The minimum atomic E-state index is -0.695. The monoisotopic (exact) mass is 293 g/mol. The topological polar surface area (TPSA) is 69.8 Å². The minimum absolute atomic E-state index is 0.0809. The zero-order valence-electron chi connectivity index (χ0n) is 12.7. The number of hydrogen-bond donors (Lipinski definition) is 1. The Hall–Kier alpha value is -1.66. The molecule has 1 heterocycles. The summed E-state index contributed by atoms with van der Waals surface area (Å²) in [6.45, 7) is 8.32. The highest BCUT2D eigenvalue weighted by Crippen LogP contribution is 2.31. The Morgan fingerprint density at radius 1 is 1.33 bits per heavy atom. The third kappa shape index (κ3) is 3.71. The predicted molar refractivity (Wildman–Crippen MR) is 82.7 cm³/mol. The van der Waals surface area contributed by atoms with E-state index in [2.05, 4.69) is 16.7 Å². The second kappa shape index (κ2) is 6.87. The molecular weight excluding hydrogens is 270 g/mol. The van der Waals surface area contributed by atoms with E-state index in [9.17, 15) is 15.2 Å². The van der Waals surface area contributed by atoms with Gasteiger partial charge in [-0.3, -0.25) is 15.0 Å². The van der Waals surface area contributed by atoms with Crippen LogP contribution in [0, 0.1) is 10.1 Å². The van der Waals surface area contributed by atoms with Gasteiger partial charge in [0.15, 0.2) is 0 Å². The molecule has 0 bridgehead atoms. The van der Waals surface area contributed by atoms with Crippen molar-refractivity contribution < 1.29 is 10.0 Å². The number of nitro benzene ring substituents is 1. The van der Waals surface area contributed by atoms with Crippen LogP contribution in [0.15, 0.2) is 18.2 Å². The summed E-state index contributed by atoms with van der Waals surface area (Å²) in [6.07, 6.45) is 0.433. The molecule has 1 fully saturated rings. The van der Waals surface area contributed by atoms with Gasteiger partial charge in [0.05, 0.1) is 11.0 Å². The summed E-state index contributed by atoms with van der Waals surface area (Å²) in [5.74, 6) is 0. The molecule has 6 heteroatoms. The Labute approximate surface area is 125 Å². The molecule has 0 radical (unpaired) electrons. The molecule has 6 nitrogen and oxygen atoms in total. The quantitative estimate of drug-likeness (QED) is 0.665. The molecule has 1 N–H and O–H groups in total. The van der Waals surface area contributed by atoms with Crippen LogP contribution >= 0.6 is 0 Å². The van der Waals surface area contributed by atoms with Gasteiger partial charge in [0, 0.05) is 32.2 Å². The predicted octanol–water partition coefficient (Wildman–Crippen LogP) is 2.18. The number of nitrogens with zero attached hydrogens (tertiary/aromatic N) is 3. The molecule has 0 amide bonds. The van der Waals surface area contributed by atoms with Crippen molar-refractivity contribution in [3.63, 3.8) is 0 Å². The number of aliphatic hydroxyl groups is 1. The SMILES string of the molecule is CCCN1CCN(c2ccc([C@@H](C)O)cc2[N+](=O)[O-])CC1. The van der Waals surface area contributed by atoms with E-state index >= 15 is 0 Å². The summed E-state index contributed by atoms with van der Waals surface area (Å²) < 4.78 is 0. The molecule has 0 spiro atoms. The summed E-state index contributed by atoms with van der Waals surface area (Å²) in [5.41, 5.74) is 1.31. The molecule has 1 saturated heterocycles. The van der Waals surface area contributed by atoms with Crippen LogP contribution < -0.4 is 4.90 Å². The first kappa shape index (κ1) is 15.7. The number of aliphatic hydroxyl groups excluding tert-OH is 1. The molecule has 1 aromatic carbocycles. The van der Waals surface area contributed by atoms with E-state index in [-0.39, 0.29) is 10.6 Å². The van der Waals surface area contributed by atoms with E-state index in [4.69, 9.17) is 0 Å². The maximum atomic E-state index is 11.3. The second-order valence-corrected chi connectivity index (χ2v) is 5.51. The van der Waals surface area contributed by atoms with Gasteiger partial charge in [-0.05, 0) is 31.5 Å². The first-order chi connectivity index (χ1) is 10.0. The Kier molecular flexibility index (Phi) is 5.14. The van der Waals surface area contributed by atoms with Gasteiger partial charge in [0.2, 0.25) is 0 Å². The molecule has 2 rings (SSSR count). The van der Waals surface area contributed by atoms with Gasteiger partial charge in [-0.1, -0.05) is 13.0 Å². The molecule has 0 unspecified atom stereocenters. The van der Waals surface area contributed by atoms with Crippen LogP contribution in [-0.4, -0.2) is 47.7 Å². The van der Waals surface area contributed by atoms with E-state index in [0.717, 1.165) is 39.1 Å². The van der Waals surface area contributed by atoms with Gasteiger partial charge in [-0.15, -0.1) is 0 Å². The van der Waals surface area contributed by atoms with Crippen LogP contribution in [0.5, 0.6) is 0 Å². The van der Waals surface area contributed by atoms with E-state index in [1.54, 1.807) is 19.1 Å². The standard InChI is InChI=1S/C15H23N3O3/c1-3-6-16-7-9-17(10-8-16)14-5-4-13(12(2)19)11-15(14)18(20)21/h4-5,11-12,19H,3,6-10H2,1-2H3/t12-/m1/s1. The third-order valence-corrected chi connectivity index (χ3v) is 3.93. The van der Waals surface area contributed by atoms with Gasteiger partial charge < -0.3 is 10.0 Å². The zero-order valence-corrected chi connectivity index (χ0v) is 12.7. The molecule has 0 aromatic heterocycles. The lowest BCUT2D eigenvalue weighted by Gasteiger charge is -2.35. The minimum Gasteiger partial charge on any atom is -0.389 e. The van der Waals surface area contributed by atoms with Crippen molar-refractivity contribution in [3.8, 4) is 0 Å². The number of rotatable bonds is 5. The highest BCUT2D eigenvalue weighted by molar-refractivity contribution is 5.64. The molecule has 0 aliphatic carbocycles. The summed E-state index contributed by atoms with van der Waals surface area (Å²) >= 11 is 0. The van der Waals surface area contributed by atoms with E-state index in [1.807, 2.05) is 0 Å². The van der Waals surface area contributed by atoms with Gasteiger partial charge in [-0.2, -0.15) is 0 Å². The van der Waals surface area contributed by atoms with Crippen LogP contribution in [-0.2, 0) is 0 Å². The molecular formula is C15H23N3O3. The fourth-order valence-electron chi connectivity index (χ4n) is 2.74. The van der Waals surface area contributed by atoms with E-state index < -0.39 is 6.10 Å². The molecule has 21 heavy (non-hydrogen) atoms. The van der Waals surface area contributed by atoms with Gasteiger partial charge in [0.1, 0.15) is 5.69 Å². The lowest BCUT2D eigenvalue weighted by atomic mass is 10.1. The first-order valence-electron chi connectivity index (χ1n) is 7.46. The Morgan fingerprint density at radius 3 is 2.52 bits per heavy atom. The third-order valence-electron chi connectivity index (χ3n) is 3.93. The summed E-state index contributed by atoms with van der Waals surface area (Å²) in [6, 6.07) is 5.01. The normalized spacial score (nSPS) is 17.8. The summed E-state index contributed by atoms with van der Waals surface area (Å²) in [7, 11) is 0. The zero-order chi connectivity index (χ0) is 15.4. The average Bonchev–Trinajstić information content (AvgIpc) is 2.47. The smallest absolute Gasteiger partial charge is 0.292 e. The molecule has 1 aliphatic rings. The van der Waals surface area contributed by atoms with Crippen LogP contribution in [0.2, 0.25) is 0 Å². The number of hydrogen-bond acceptors (Lipinski definition) is 5. The van der Waals surface area contributed by atoms with Crippen LogP contribution in [0.4, 0.5) is 11.4 Å². The van der Waals surface area contributed by atoms with Gasteiger partial charge >= 0.3 is 0 Å². The molecule has 0 saturated carbocycles. The Morgan fingerprint density at radius 2 is 2.00 bits per heavy atom. The fraction of sp³-hybridized carbons (Fsp3) is 0.600. The van der Waals surface area contributed by atoms with E-state index in [1.165, 1.54) is 6.07 Å². The van der Waals surface area contributed by atoms with Gasteiger partial charge in [-0.25, -0.2) is 0 Å². The number of benzene rings is 1. The van der Waals surface area contributed by atoms with Gasteiger partial charge in [0.25, 0.3) is 5.69 Å². The van der Waals surface area contributed by atoms with Crippen molar-refractivity contribution in [2.45, 2.75) is 26.4 Å². The van der Waals surface area contributed by atoms with Crippen LogP contribution in [0.3, 0.4) is 0 Å². The maximum Gasteiger partial charge on any atom is 0.292 e. The highest BCUT2D eigenvalue weighted by atomic mass is 16.6. The molecule has 1 aliphatic heterocycles. The fourth-order valence-corrected chi connectivity index (χ4v) is 2.74. The Bertz CT molecular complexity index is 497. The lowest BCUT2D eigenvalue weighted by Crippen LogP contribution is -2.46. The van der Waals surface area contributed by atoms with E-state index in [0.29, 0.717) is 11.3 Å². The van der Waals surface area contributed by atoms with Crippen molar-refractivity contribution in [1.29, 1.82) is 0 Å². The van der Waals surface area contributed by atoms with Crippen LogP contribution in [0.1, 0.15) is 31.9 Å². The molecule has 116 valence electrons. The van der Waals surface area contributed by atoms with Crippen molar-refractivity contribution >= 4 is 11.4 Å². The summed E-state index contributed by atoms with van der Waals surface area (Å²) in [5, 5.41) is 20.9. The molecule has 1 aromatic rings. The largest absolute Gasteiger partial charge is 0.389 e. The first-order valence-corrected chi connectivity index (χ1v) is 7.46. The molecule has 1 atom stereocenters. The lowest BCUT2D eigenvalue weighted by molar-refractivity contribution is -0.384. The number of anilines is 1. The average molecular weight is 293 g/mol. The summed E-state index contributed by atoms with van der Waals surface area (Å²) in [4.78, 5) is 15.4. The number of nitro groups is 1. The highest BCUT2D eigenvalue weighted by Gasteiger charge is 2.24. The Balaban J connectivity index is 2.18. The van der Waals surface area contributed by atoms with Crippen molar-refractivity contribution in [2.75, 3.05) is 37.6 Å². The number of piperazine rings is 1. The van der Waals surface area contributed by atoms with Crippen molar-refractivity contribution in [1.82, 2.24) is 4.90 Å². The van der Waals surface area contributed by atoms with Crippen molar-refractivity contribution in [2.24, 2.45) is 0 Å².